The third-order valence-electron chi connectivity index (χ3n) is 3.28. The van der Waals surface area contributed by atoms with E-state index >= 15 is 0 Å². The van der Waals surface area contributed by atoms with Gasteiger partial charge in [0.15, 0.2) is 0 Å². The van der Waals surface area contributed by atoms with Crippen molar-refractivity contribution in [2.24, 2.45) is 0 Å². The quantitative estimate of drug-likeness (QED) is 0.719. The smallest absolute Gasteiger partial charge is 0.240 e. The molecular formula is C15H15N5O3S. The number of sulfonamides is 1. The molecule has 0 aliphatic carbocycles. The van der Waals surface area contributed by atoms with Crippen LogP contribution in [0, 0.1) is 0 Å². The highest BCUT2D eigenvalue weighted by Gasteiger charge is 2.14. The zero-order valence-corrected chi connectivity index (χ0v) is 13.6. The molecular weight excluding hydrogens is 330 g/mol. The van der Waals surface area contributed by atoms with Crippen LogP contribution in [0.5, 0.6) is 5.75 Å². The zero-order chi connectivity index (χ0) is 17.0. The minimum atomic E-state index is -3.63. The fourth-order valence-corrected chi connectivity index (χ4v) is 3.01. The summed E-state index contributed by atoms with van der Waals surface area (Å²) in [7, 11) is -2.11. The molecule has 124 valence electrons. The second kappa shape index (κ2) is 6.77. The van der Waals surface area contributed by atoms with Crippen LogP contribution in [0.25, 0.3) is 5.69 Å². The van der Waals surface area contributed by atoms with Crippen molar-refractivity contribution in [3.63, 3.8) is 0 Å². The van der Waals surface area contributed by atoms with E-state index in [1.54, 1.807) is 47.5 Å². The lowest BCUT2D eigenvalue weighted by Gasteiger charge is -2.06. The molecule has 2 aromatic heterocycles. The molecule has 0 amide bonds. The lowest BCUT2D eigenvalue weighted by Crippen LogP contribution is -2.23. The molecule has 0 unspecified atom stereocenters. The Kier molecular flexibility index (Phi) is 4.54. The topological polar surface area (TPSA) is 99.0 Å². The summed E-state index contributed by atoms with van der Waals surface area (Å²) in [6.07, 6.45) is 4.94. The minimum Gasteiger partial charge on any atom is -0.497 e. The van der Waals surface area contributed by atoms with E-state index in [9.17, 15) is 8.42 Å². The van der Waals surface area contributed by atoms with Crippen molar-refractivity contribution >= 4 is 10.0 Å². The highest BCUT2D eigenvalue weighted by Crippen LogP contribution is 2.15. The van der Waals surface area contributed by atoms with Gasteiger partial charge in [-0.3, -0.25) is 4.98 Å². The van der Waals surface area contributed by atoms with Gasteiger partial charge in [0.25, 0.3) is 0 Å². The summed E-state index contributed by atoms with van der Waals surface area (Å²) in [5.41, 5.74) is 1.30. The third-order valence-corrected chi connectivity index (χ3v) is 4.70. The van der Waals surface area contributed by atoms with Gasteiger partial charge < -0.3 is 4.74 Å². The van der Waals surface area contributed by atoms with Crippen LogP contribution >= 0.6 is 0 Å². The van der Waals surface area contributed by atoms with E-state index in [2.05, 4.69) is 20.0 Å². The number of methoxy groups -OCH3 is 1. The highest BCUT2D eigenvalue weighted by atomic mass is 32.2. The van der Waals surface area contributed by atoms with E-state index < -0.39 is 10.0 Å². The average Bonchev–Trinajstić information content (AvgIpc) is 3.10. The Morgan fingerprint density at radius 1 is 1.12 bits per heavy atom. The van der Waals surface area contributed by atoms with Gasteiger partial charge in [0.1, 0.15) is 5.75 Å². The second-order valence-corrected chi connectivity index (χ2v) is 6.63. The summed E-state index contributed by atoms with van der Waals surface area (Å²) < 4.78 is 33.6. The normalized spacial score (nSPS) is 11.4. The standard InChI is InChI=1S/C15H15N5O3S/c1-23-14-2-4-15(5-3-14)24(21,22)17-10-12-11-20(19-18-12)13-6-8-16-9-7-13/h2-9,11,17H,10H2,1H3. The molecule has 0 aliphatic heterocycles. The third kappa shape index (κ3) is 3.58. The van der Waals surface area contributed by atoms with Crippen LogP contribution in [-0.4, -0.2) is 35.5 Å². The summed E-state index contributed by atoms with van der Waals surface area (Å²) in [5, 5.41) is 7.93. The van der Waals surface area contributed by atoms with Crippen LogP contribution in [0.1, 0.15) is 5.69 Å². The van der Waals surface area contributed by atoms with E-state index in [1.807, 2.05) is 0 Å². The maximum atomic E-state index is 12.3. The molecule has 3 rings (SSSR count). The van der Waals surface area contributed by atoms with E-state index in [-0.39, 0.29) is 11.4 Å². The molecule has 3 aromatic rings. The monoisotopic (exact) mass is 345 g/mol. The number of hydrogen-bond acceptors (Lipinski definition) is 6. The maximum absolute atomic E-state index is 12.3. The summed E-state index contributed by atoms with van der Waals surface area (Å²) in [4.78, 5) is 4.09. The second-order valence-electron chi connectivity index (χ2n) is 4.86. The van der Waals surface area contributed by atoms with Crippen LogP contribution in [0.4, 0.5) is 0 Å². The summed E-state index contributed by atoms with van der Waals surface area (Å²) in [6.45, 7) is 0.0411. The number of nitrogens with zero attached hydrogens (tertiary/aromatic N) is 4. The molecule has 0 bridgehead atoms. The Morgan fingerprint density at radius 2 is 1.83 bits per heavy atom. The van der Waals surface area contributed by atoms with Crippen LogP contribution in [0.2, 0.25) is 0 Å². The van der Waals surface area contributed by atoms with Crippen molar-refractivity contribution in [3.8, 4) is 11.4 Å². The molecule has 0 atom stereocenters. The number of rotatable bonds is 6. The first-order valence-electron chi connectivity index (χ1n) is 7.04. The van der Waals surface area contributed by atoms with E-state index in [4.69, 9.17) is 4.74 Å². The molecule has 0 saturated heterocycles. The molecule has 0 fully saturated rings. The predicted octanol–water partition coefficient (Wildman–Crippen LogP) is 1.15. The number of ether oxygens (including phenoxy) is 1. The van der Waals surface area contributed by atoms with Crippen LogP contribution in [-0.2, 0) is 16.6 Å². The number of aromatic nitrogens is 4. The van der Waals surface area contributed by atoms with Crippen LogP contribution < -0.4 is 9.46 Å². The van der Waals surface area contributed by atoms with Gasteiger partial charge >= 0.3 is 0 Å². The minimum absolute atomic E-state index is 0.0411. The molecule has 8 nitrogen and oxygen atoms in total. The number of benzene rings is 1. The van der Waals surface area contributed by atoms with Gasteiger partial charge in [-0.05, 0) is 36.4 Å². The molecule has 0 saturated carbocycles. The van der Waals surface area contributed by atoms with E-state index in [1.165, 1.54) is 19.2 Å². The lowest BCUT2D eigenvalue weighted by molar-refractivity contribution is 0.414. The van der Waals surface area contributed by atoms with Crippen molar-refractivity contribution < 1.29 is 13.2 Å². The lowest BCUT2D eigenvalue weighted by atomic mass is 10.3. The number of pyridine rings is 1. The molecule has 2 heterocycles. The van der Waals surface area contributed by atoms with Crippen molar-refractivity contribution in [1.82, 2.24) is 24.7 Å². The Morgan fingerprint density at radius 3 is 2.50 bits per heavy atom. The molecule has 9 heteroatoms. The first-order valence-corrected chi connectivity index (χ1v) is 8.52. The SMILES string of the molecule is COc1ccc(S(=O)(=O)NCc2cn(-c3ccncc3)nn2)cc1. The molecule has 0 aliphatic rings. The van der Waals surface area contributed by atoms with Gasteiger partial charge in [-0.15, -0.1) is 5.10 Å². The summed E-state index contributed by atoms with van der Waals surface area (Å²) in [6, 6.07) is 9.70. The fourth-order valence-electron chi connectivity index (χ4n) is 2.01. The number of nitrogens with one attached hydrogen (secondary N) is 1. The fraction of sp³-hybridized carbons (Fsp3) is 0.133. The Hall–Kier alpha value is -2.78. The number of hydrogen-bond donors (Lipinski definition) is 1. The highest BCUT2D eigenvalue weighted by molar-refractivity contribution is 7.89. The first kappa shape index (κ1) is 16.1. The molecule has 24 heavy (non-hydrogen) atoms. The summed E-state index contributed by atoms with van der Waals surface area (Å²) in [5.74, 6) is 0.592. The van der Waals surface area contributed by atoms with Gasteiger partial charge in [-0.25, -0.2) is 17.8 Å². The average molecular weight is 345 g/mol. The largest absolute Gasteiger partial charge is 0.497 e. The van der Waals surface area contributed by atoms with Crippen molar-refractivity contribution in [2.45, 2.75) is 11.4 Å². The van der Waals surface area contributed by atoms with E-state index in [0.717, 1.165) is 5.69 Å². The van der Waals surface area contributed by atoms with Crippen molar-refractivity contribution in [3.05, 3.63) is 60.7 Å². The van der Waals surface area contributed by atoms with Gasteiger partial charge in [0, 0.05) is 12.4 Å². The molecule has 1 aromatic carbocycles. The summed E-state index contributed by atoms with van der Waals surface area (Å²) >= 11 is 0. The van der Waals surface area contributed by atoms with Crippen molar-refractivity contribution in [2.75, 3.05) is 7.11 Å². The van der Waals surface area contributed by atoms with Gasteiger partial charge in [-0.1, -0.05) is 5.21 Å². The van der Waals surface area contributed by atoms with Crippen LogP contribution in [0.3, 0.4) is 0 Å². The van der Waals surface area contributed by atoms with E-state index in [0.29, 0.717) is 11.4 Å². The Balaban J connectivity index is 1.69. The predicted molar refractivity (Wildman–Crippen MR) is 86.2 cm³/mol. The van der Waals surface area contributed by atoms with Gasteiger partial charge in [-0.2, -0.15) is 0 Å². The zero-order valence-electron chi connectivity index (χ0n) is 12.8. The van der Waals surface area contributed by atoms with Crippen LogP contribution in [0.15, 0.2) is 59.9 Å². The first-order chi connectivity index (χ1) is 11.6. The van der Waals surface area contributed by atoms with Gasteiger partial charge in [0.2, 0.25) is 10.0 Å². The Bertz CT molecular complexity index is 908. The van der Waals surface area contributed by atoms with Crippen molar-refractivity contribution in [1.29, 1.82) is 0 Å². The molecule has 0 radical (unpaired) electrons. The Labute approximate surface area is 139 Å². The maximum Gasteiger partial charge on any atom is 0.240 e. The molecule has 0 spiro atoms. The molecule has 1 N–H and O–H groups in total. The van der Waals surface area contributed by atoms with Gasteiger partial charge in [0.05, 0.1) is 36.1 Å².